The Labute approximate surface area is 190 Å². The van der Waals surface area contributed by atoms with Crippen LogP contribution in [-0.4, -0.2) is 35.0 Å². The molecular formula is C21H26ClF4N5O. The SMILES string of the molecule is CCCc1cc(N2CCC[C@@H](NC(C)=O)C2)nc(Nc2ccc(F)c(C(F)(F)F)c2)n1.Cl. The first-order valence-electron chi connectivity index (χ1n) is 10.2. The van der Waals surface area contributed by atoms with Gasteiger partial charge in [-0.1, -0.05) is 13.3 Å². The van der Waals surface area contributed by atoms with Crippen LogP contribution in [0.15, 0.2) is 24.3 Å². The third-order valence-corrected chi connectivity index (χ3v) is 4.95. The third-order valence-electron chi connectivity index (χ3n) is 4.95. The number of rotatable bonds is 6. The molecule has 2 aromatic rings. The summed E-state index contributed by atoms with van der Waals surface area (Å²) in [6.07, 6.45) is -1.56. The molecular weight excluding hydrogens is 450 g/mol. The summed E-state index contributed by atoms with van der Waals surface area (Å²) >= 11 is 0. The minimum Gasteiger partial charge on any atom is -0.354 e. The molecule has 11 heteroatoms. The maximum Gasteiger partial charge on any atom is 0.419 e. The predicted octanol–water partition coefficient (Wildman–Crippen LogP) is 4.86. The summed E-state index contributed by atoms with van der Waals surface area (Å²) in [5.41, 5.74) is -0.561. The van der Waals surface area contributed by atoms with Gasteiger partial charge in [0.2, 0.25) is 11.9 Å². The Kier molecular flexibility index (Phi) is 8.65. The molecule has 0 radical (unpaired) electrons. The number of nitrogens with zero attached hydrogens (tertiary/aromatic N) is 3. The highest BCUT2D eigenvalue weighted by molar-refractivity contribution is 5.85. The molecule has 1 aliphatic rings. The summed E-state index contributed by atoms with van der Waals surface area (Å²) < 4.78 is 52.7. The molecule has 6 nitrogen and oxygen atoms in total. The van der Waals surface area contributed by atoms with Crippen LogP contribution in [0, 0.1) is 5.82 Å². The smallest absolute Gasteiger partial charge is 0.354 e. The van der Waals surface area contributed by atoms with E-state index in [0.717, 1.165) is 37.6 Å². The number of aryl methyl sites for hydroxylation is 1. The van der Waals surface area contributed by atoms with Crippen molar-refractivity contribution in [2.24, 2.45) is 0 Å². The van der Waals surface area contributed by atoms with Gasteiger partial charge in [0, 0.05) is 43.5 Å². The molecule has 1 fully saturated rings. The van der Waals surface area contributed by atoms with E-state index in [-0.39, 0.29) is 36.0 Å². The van der Waals surface area contributed by atoms with Crippen molar-refractivity contribution < 1.29 is 22.4 Å². The number of hydrogen-bond acceptors (Lipinski definition) is 5. The lowest BCUT2D eigenvalue weighted by Gasteiger charge is -2.34. The van der Waals surface area contributed by atoms with Crippen LogP contribution in [0.5, 0.6) is 0 Å². The molecule has 2 heterocycles. The molecule has 1 amide bonds. The van der Waals surface area contributed by atoms with Crippen LogP contribution in [0.25, 0.3) is 0 Å². The van der Waals surface area contributed by atoms with Gasteiger partial charge in [0.05, 0.1) is 5.56 Å². The second kappa shape index (κ2) is 10.8. The highest BCUT2D eigenvalue weighted by Crippen LogP contribution is 2.33. The van der Waals surface area contributed by atoms with E-state index in [9.17, 15) is 22.4 Å². The van der Waals surface area contributed by atoms with Gasteiger partial charge in [0.1, 0.15) is 11.6 Å². The number of nitrogens with one attached hydrogen (secondary N) is 2. The first-order chi connectivity index (χ1) is 14.7. The number of benzene rings is 1. The Morgan fingerprint density at radius 1 is 1.25 bits per heavy atom. The van der Waals surface area contributed by atoms with Gasteiger partial charge in [-0.05, 0) is 37.5 Å². The molecule has 0 unspecified atom stereocenters. The summed E-state index contributed by atoms with van der Waals surface area (Å²) in [4.78, 5) is 22.3. The van der Waals surface area contributed by atoms with Crippen molar-refractivity contribution in [2.75, 3.05) is 23.3 Å². The summed E-state index contributed by atoms with van der Waals surface area (Å²) in [6.45, 7) is 4.80. The number of amides is 1. The summed E-state index contributed by atoms with van der Waals surface area (Å²) in [5.74, 6) is -0.659. The molecule has 1 aromatic carbocycles. The van der Waals surface area contributed by atoms with Gasteiger partial charge in [-0.3, -0.25) is 4.79 Å². The van der Waals surface area contributed by atoms with Gasteiger partial charge in [-0.25, -0.2) is 9.37 Å². The second-order valence-electron chi connectivity index (χ2n) is 7.59. The van der Waals surface area contributed by atoms with Gasteiger partial charge in [0.15, 0.2) is 0 Å². The largest absolute Gasteiger partial charge is 0.419 e. The van der Waals surface area contributed by atoms with Crippen molar-refractivity contribution in [1.29, 1.82) is 0 Å². The molecule has 0 bridgehead atoms. The first-order valence-corrected chi connectivity index (χ1v) is 10.2. The Hall–Kier alpha value is -2.62. The fourth-order valence-electron chi connectivity index (χ4n) is 3.63. The lowest BCUT2D eigenvalue weighted by Crippen LogP contribution is -2.47. The molecule has 176 valence electrons. The normalized spacial score (nSPS) is 16.3. The van der Waals surface area contributed by atoms with Crippen molar-refractivity contribution in [1.82, 2.24) is 15.3 Å². The molecule has 0 spiro atoms. The number of alkyl halides is 3. The zero-order valence-corrected chi connectivity index (χ0v) is 18.6. The molecule has 2 N–H and O–H groups in total. The Morgan fingerprint density at radius 2 is 2.00 bits per heavy atom. The van der Waals surface area contributed by atoms with Gasteiger partial charge < -0.3 is 15.5 Å². The average molecular weight is 476 g/mol. The third kappa shape index (κ3) is 6.69. The lowest BCUT2D eigenvalue weighted by molar-refractivity contribution is -0.140. The zero-order chi connectivity index (χ0) is 22.6. The van der Waals surface area contributed by atoms with Crippen LogP contribution in [0.2, 0.25) is 0 Å². The minimum atomic E-state index is -4.80. The Morgan fingerprint density at radius 3 is 2.66 bits per heavy atom. The number of hydrogen-bond donors (Lipinski definition) is 2. The van der Waals surface area contributed by atoms with E-state index >= 15 is 0 Å². The van der Waals surface area contributed by atoms with E-state index in [4.69, 9.17) is 0 Å². The van der Waals surface area contributed by atoms with Gasteiger partial charge in [0.25, 0.3) is 0 Å². The lowest BCUT2D eigenvalue weighted by atomic mass is 10.1. The first kappa shape index (κ1) is 25.6. The topological polar surface area (TPSA) is 70.2 Å². The van der Waals surface area contributed by atoms with Crippen molar-refractivity contribution in [3.63, 3.8) is 0 Å². The van der Waals surface area contributed by atoms with E-state index in [1.54, 1.807) is 0 Å². The Bertz CT molecular complexity index is 941. The standard InChI is InChI=1S/C21H25F4N5O.ClH/c1-3-5-14-11-19(30-9-4-6-16(12-30)26-13(2)31)29-20(27-14)28-15-7-8-18(22)17(10-15)21(23,24)25;/h7-8,10-11,16H,3-6,9,12H2,1-2H3,(H,26,31)(H,27,28,29);1H/t16-;/m1./s1. The summed E-state index contributed by atoms with van der Waals surface area (Å²) in [5, 5.41) is 5.70. The molecule has 1 aromatic heterocycles. The predicted molar refractivity (Wildman–Crippen MR) is 117 cm³/mol. The minimum absolute atomic E-state index is 0. The maximum atomic E-state index is 13.6. The molecule has 3 rings (SSSR count). The van der Waals surface area contributed by atoms with Crippen LogP contribution < -0.4 is 15.5 Å². The van der Waals surface area contributed by atoms with E-state index < -0.39 is 17.6 Å². The van der Waals surface area contributed by atoms with Crippen LogP contribution in [0.4, 0.5) is 35.0 Å². The molecule has 1 aliphatic heterocycles. The van der Waals surface area contributed by atoms with E-state index in [2.05, 4.69) is 20.6 Å². The number of halogens is 5. The summed E-state index contributed by atoms with van der Waals surface area (Å²) in [6, 6.07) is 4.55. The molecule has 0 aliphatic carbocycles. The number of anilines is 3. The molecule has 32 heavy (non-hydrogen) atoms. The van der Waals surface area contributed by atoms with E-state index in [0.29, 0.717) is 24.8 Å². The van der Waals surface area contributed by atoms with Gasteiger partial charge in [-0.15, -0.1) is 12.4 Å². The second-order valence-corrected chi connectivity index (χ2v) is 7.59. The van der Waals surface area contributed by atoms with Crippen LogP contribution in [0.3, 0.4) is 0 Å². The highest BCUT2D eigenvalue weighted by atomic mass is 35.5. The quantitative estimate of drug-likeness (QED) is 0.584. The number of carbonyl (C=O) groups excluding carboxylic acids is 1. The fourth-order valence-corrected chi connectivity index (χ4v) is 3.63. The Balaban J connectivity index is 0.00000363. The highest BCUT2D eigenvalue weighted by Gasteiger charge is 2.34. The monoisotopic (exact) mass is 475 g/mol. The zero-order valence-electron chi connectivity index (χ0n) is 17.8. The summed E-state index contributed by atoms with van der Waals surface area (Å²) in [7, 11) is 0. The van der Waals surface area contributed by atoms with Crippen LogP contribution in [0.1, 0.15) is 44.4 Å². The van der Waals surface area contributed by atoms with Crippen molar-refractivity contribution in [2.45, 2.75) is 51.7 Å². The van der Waals surface area contributed by atoms with Crippen LogP contribution in [-0.2, 0) is 17.4 Å². The van der Waals surface area contributed by atoms with Crippen molar-refractivity contribution >= 4 is 35.8 Å². The maximum absolute atomic E-state index is 13.6. The van der Waals surface area contributed by atoms with Crippen LogP contribution >= 0.6 is 12.4 Å². The number of carbonyl (C=O) groups is 1. The average Bonchev–Trinajstić information content (AvgIpc) is 2.68. The fraction of sp³-hybridized carbons (Fsp3) is 0.476. The van der Waals surface area contributed by atoms with Crippen molar-refractivity contribution in [3.8, 4) is 0 Å². The number of aromatic nitrogens is 2. The van der Waals surface area contributed by atoms with Gasteiger partial charge in [-0.2, -0.15) is 18.2 Å². The molecule has 1 saturated heterocycles. The molecule has 1 atom stereocenters. The van der Waals surface area contributed by atoms with Gasteiger partial charge >= 0.3 is 6.18 Å². The molecule has 0 saturated carbocycles. The van der Waals surface area contributed by atoms with Crippen molar-refractivity contribution in [3.05, 3.63) is 41.3 Å². The van der Waals surface area contributed by atoms with E-state index in [1.165, 1.54) is 13.0 Å². The van der Waals surface area contributed by atoms with E-state index in [1.807, 2.05) is 17.9 Å². The number of piperidine rings is 1.